The van der Waals surface area contributed by atoms with Crippen LogP contribution in [0.25, 0.3) is 0 Å². The summed E-state index contributed by atoms with van der Waals surface area (Å²) < 4.78 is 10.8. The van der Waals surface area contributed by atoms with Gasteiger partial charge in [-0.3, -0.25) is 0 Å². The molecule has 2 unspecified atom stereocenters. The number of rotatable bonds is 7. The molecule has 2 atom stereocenters. The maximum Gasteiger partial charge on any atom is 0.159 e. The van der Waals surface area contributed by atoms with Crippen molar-refractivity contribution in [3.8, 4) is 0 Å². The van der Waals surface area contributed by atoms with Gasteiger partial charge in [0.25, 0.3) is 0 Å². The van der Waals surface area contributed by atoms with E-state index in [0.29, 0.717) is 6.61 Å². The van der Waals surface area contributed by atoms with Crippen LogP contribution in [-0.2, 0) is 9.47 Å². The van der Waals surface area contributed by atoms with Crippen LogP contribution in [0.5, 0.6) is 0 Å². The van der Waals surface area contributed by atoms with E-state index in [1.54, 1.807) is 0 Å². The minimum absolute atomic E-state index is 0.0950. The zero-order valence-corrected chi connectivity index (χ0v) is 9.02. The molecule has 0 fully saturated rings. The highest BCUT2D eigenvalue weighted by atomic mass is 32.1. The van der Waals surface area contributed by atoms with E-state index in [-0.39, 0.29) is 11.7 Å². The van der Waals surface area contributed by atoms with Gasteiger partial charge in [0.05, 0.1) is 0 Å². The fourth-order valence-corrected chi connectivity index (χ4v) is 1.00. The van der Waals surface area contributed by atoms with Crippen LogP contribution in [0.4, 0.5) is 0 Å². The molecule has 0 bridgehead atoms. The van der Waals surface area contributed by atoms with Crippen molar-refractivity contribution in [2.45, 2.75) is 51.8 Å². The van der Waals surface area contributed by atoms with Gasteiger partial charge in [-0.05, 0) is 19.8 Å². The summed E-state index contributed by atoms with van der Waals surface area (Å²) in [7, 11) is 0. The van der Waals surface area contributed by atoms with E-state index in [9.17, 15) is 0 Å². The molecule has 0 aromatic rings. The molecule has 0 rings (SSSR count). The lowest BCUT2D eigenvalue weighted by atomic mass is 10.3. The second-order valence-electron chi connectivity index (χ2n) is 2.65. The summed E-state index contributed by atoms with van der Waals surface area (Å²) in [5, 5.41) is 0. The quantitative estimate of drug-likeness (QED) is 0.576. The van der Waals surface area contributed by atoms with Crippen LogP contribution in [-0.4, -0.2) is 18.3 Å². The van der Waals surface area contributed by atoms with E-state index < -0.39 is 0 Å². The monoisotopic (exact) mass is 191 g/mol. The molecule has 0 heterocycles. The van der Waals surface area contributed by atoms with Gasteiger partial charge in [-0.15, -0.1) is 0 Å². The van der Waals surface area contributed by atoms with Gasteiger partial charge in [-0.2, -0.15) is 0 Å². The third-order valence-electron chi connectivity index (χ3n) is 1.51. The van der Waals surface area contributed by atoms with E-state index in [4.69, 9.17) is 22.1 Å². The summed E-state index contributed by atoms with van der Waals surface area (Å²) in [5.41, 5.74) is -0.104. The largest absolute Gasteiger partial charge is 0.353 e. The van der Waals surface area contributed by atoms with Crippen molar-refractivity contribution in [3.63, 3.8) is 0 Å². The number of hydrogen-bond donors (Lipinski definition) is 0. The highest BCUT2D eigenvalue weighted by Crippen LogP contribution is 2.11. The lowest BCUT2D eigenvalue weighted by Crippen LogP contribution is -2.21. The average Bonchev–Trinajstić information content (AvgIpc) is 2.05. The Balaban J connectivity index is 3.61. The van der Waals surface area contributed by atoms with Crippen LogP contribution >= 0.6 is 12.6 Å². The molecule has 0 spiro atoms. The Kier molecular flexibility index (Phi) is 8.07. The van der Waals surface area contributed by atoms with Crippen LogP contribution in [0.2, 0.25) is 0 Å². The first-order valence-corrected chi connectivity index (χ1v) is 5.14. The van der Waals surface area contributed by atoms with Crippen LogP contribution in [0.3, 0.4) is 0 Å². The van der Waals surface area contributed by atoms with Crippen molar-refractivity contribution < 1.29 is 9.47 Å². The summed E-state index contributed by atoms with van der Waals surface area (Å²) in [5.74, 6) is 0. The topological polar surface area (TPSA) is 18.5 Å². The smallest absolute Gasteiger partial charge is 0.159 e. The molecule has 0 saturated carbocycles. The zero-order chi connectivity index (χ0) is 9.40. The Morgan fingerprint density at radius 2 is 1.92 bits per heavy atom. The normalized spacial score (nSPS) is 16.0. The molecule has 3 heteroatoms. The Bertz CT molecular complexity index is 92.5. The Hall–Kier alpha value is 0.270. The predicted molar refractivity (Wildman–Crippen MR) is 53.1 cm³/mol. The number of ether oxygens (including phenoxy) is 2. The van der Waals surface area contributed by atoms with E-state index in [1.165, 1.54) is 0 Å². The fraction of sp³-hybridized carbons (Fsp3) is 1.00. The first-order valence-electron chi connectivity index (χ1n) is 4.67. The lowest BCUT2D eigenvalue weighted by Gasteiger charge is -2.19. The molecule has 0 N–H and O–H groups in total. The minimum Gasteiger partial charge on any atom is -0.353 e. The molecule has 73 valence electrons. The number of hydrogen-bond acceptors (Lipinski definition) is 2. The third-order valence-corrected chi connectivity index (χ3v) is 1.96. The Morgan fingerprint density at radius 3 is 2.33 bits per heavy atom. The highest BCUT2D eigenvalue weighted by molar-refractivity contribution is 7.80. The SMILES string of the molecule is CCCC(OCC)OC([S])CC. The molecule has 0 aliphatic carbocycles. The molecule has 0 aromatic heterocycles. The predicted octanol–water partition coefficient (Wildman–Crippen LogP) is 3.10. The Labute approximate surface area is 81.0 Å². The van der Waals surface area contributed by atoms with Crippen LogP contribution in [0, 0.1) is 0 Å². The van der Waals surface area contributed by atoms with Gasteiger partial charge in [0.1, 0.15) is 5.44 Å². The second-order valence-corrected chi connectivity index (χ2v) is 3.17. The molecular weight excluding hydrogens is 172 g/mol. The molecule has 0 aliphatic heterocycles. The van der Waals surface area contributed by atoms with Gasteiger partial charge < -0.3 is 9.47 Å². The van der Waals surface area contributed by atoms with Gasteiger partial charge >= 0.3 is 0 Å². The maximum absolute atomic E-state index is 5.47. The van der Waals surface area contributed by atoms with E-state index in [1.807, 2.05) is 13.8 Å². The van der Waals surface area contributed by atoms with Crippen LogP contribution < -0.4 is 0 Å². The molecule has 12 heavy (non-hydrogen) atoms. The van der Waals surface area contributed by atoms with Gasteiger partial charge in [-0.1, -0.05) is 32.9 Å². The van der Waals surface area contributed by atoms with E-state index in [2.05, 4.69) is 6.92 Å². The first-order chi connectivity index (χ1) is 5.74. The molecule has 0 aromatic carbocycles. The first kappa shape index (κ1) is 12.3. The van der Waals surface area contributed by atoms with E-state index in [0.717, 1.165) is 19.3 Å². The highest BCUT2D eigenvalue weighted by Gasteiger charge is 2.11. The minimum atomic E-state index is -0.104. The molecule has 0 aliphatic rings. The summed E-state index contributed by atoms with van der Waals surface area (Å²) in [6, 6.07) is 0. The Morgan fingerprint density at radius 1 is 1.25 bits per heavy atom. The average molecular weight is 191 g/mol. The van der Waals surface area contributed by atoms with Gasteiger partial charge in [0, 0.05) is 6.61 Å². The molecule has 1 radical (unpaired) electrons. The van der Waals surface area contributed by atoms with Crippen molar-refractivity contribution in [3.05, 3.63) is 0 Å². The van der Waals surface area contributed by atoms with Gasteiger partial charge in [-0.25, -0.2) is 0 Å². The third kappa shape index (κ3) is 5.86. The van der Waals surface area contributed by atoms with Crippen LogP contribution in [0.1, 0.15) is 40.0 Å². The second kappa shape index (κ2) is 7.90. The van der Waals surface area contributed by atoms with Crippen molar-refractivity contribution >= 4 is 12.6 Å². The zero-order valence-electron chi connectivity index (χ0n) is 8.21. The maximum atomic E-state index is 5.47. The molecule has 0 amide bonds. The van der Waals surface area contributed by atoms with Gasteiger partial charge in [0.2, 0.25) is 0 Å². The summed E-state index contributed by atoms with van der Waals surface area (Å²) >= 11 is 5.04. The molecule has 2 nitrogen and oxygen atoms in total. The van der Waals surface area contributed by atoms with E-state index >= 15 is 0 Å². The van der Waals surface area contributed by atoms with Gasteiger partial charge in [0.15, 0.2) is 6.29 Å². The molecular formula is C9H19O2S. The standard InChI is InChI=1S/C9H19O2S/c1-4-7-8(10-6-3)11-9(12)5-2/h8-9H,4-7H2,1-3H3. The lowest BCUT2D eigenvalue weighted by molar-refractivity contribution is -0.151. The van der Waals surface area contributed by atoms with Crippen molar-refractivity contribution in [2.75, 3.05) is 6.61 Å². The van der Waals surface area contributed by atoms with Crippen molar-refractivity contribution in [2.24, 2.45) is 0 Å². The summed E-state index contributed by atoms with van der Waals surface area (Å²) in [6.45, 7) is 6.79. The fourth-order valence-electron chi connectivity index (χ4n) is 0.878. The van der Waals surface area contributed by atoms with Crippen molar-refractivity contribution in [1.29, 1.82) is 0 Å². The van der Waals surface area contributed by atoms with Crippen molar-refractivity contribution in [1.82, 2.24) is 0 Å². The summed E-state index contributed by atoms with van der Waals surface area (Å²) in [4.78, 5) is 0. The van der Waals surface area contributed by atoms with Crippen LogP contribution in [0.15, 0.2) is 0 Å². The summed E-state index contributed by atoms with van der Waals surface area (Å²) in [6.07, 6.45) is 2.77. The molecule has 0 saturated heterocycles.